The van der Waals surface area contributed by atoms with Crippen LogP contribution in [0.25, 0.3) is 0 Å². The first-order valence-corrected chi connectivity index (χ1v) is 7.80. The van der Waals surface area contributed by atoms with Gasteiger partial charge in [-0.05, 0) is 38.1 Å². The lowest BCUT2D eigenvalue weighted by Gasteiger charge is -2.22. The van der Waals surface area contributed by atoms with Gasteiger partial charge >= 0.3 is 0 Å². The summed E-state index contributed by atoms with van der Waals surface area (Å²) in [6.45, 7) is 8.52. The number of hydrogen-bond donors (Lipinski definition) is 0. The van der Waals surface area contributed by atoms with Gasteiger partial charge in [0.1, 0.15) is 6.61 Å². The van der Waals surface area contributed by atoms with Crippen molar-refractivity contribution in [2.75, 3.05) is 33.4 Å². The molecule has 114 valence electrons. The largest absolute Gasteiger partial charge is 0.493 e. The van der Waals surface area contributed by atoms with Crippen LogP contribution >= 0.6 is 0 Å². The van der Waals surface area contributed by atoms with Crippen molar-refractivity contribution in [2.45, 2.75) is 39.5 Å². The SMILES string of the molecule is CCCCN(CCCC)CCOc1ccccc1OC. The van der Waals surface area contributed by atoms with Crippen LogP contribution in [0.2, 0.25) is 0 Å². The molecule has 0 aliphatic rings. The number of nitrogens with zero attached hydrogens (tertiary/aromatic N) is 1. The van der Waals surface area contributed by atoms with E-state index in [2.05, 4.69) is 18.7 Å². The van der Waals surface area contributed by atoms with E-state index in [4.69, 9.17) is 9.47 Å². The van der Waals surface area contributed by atoms with E-state index in [1.165, 1.54) is 38.8 Å². The zero-order valence-electron chi connectivity index (χ0n) is 13.2. The van der Waals surface area contributed by atoms with E-state index in [9.17, 15) is 0 Å². The Bertz CT molecular complexity index is 347. The van der Waals surface area contributed by atoms with Crippen molar-refractivity contribution < 1.29 is 9.47 Å². The lowest BCUT2D eigenvalue weighted by molar-refractivity contribution is 0.200. The average molecular weight is 279 g/mol. The van der Waals surface area contributed by atoms with Crippen LogP contribution in [-0.2, 0) is 0 Å². The Kier molecular flexibility index (Phi) is 8.88. The van der Waals surface area contributed by atoms with Crippen molar-refractivity contribution >= 4 is 0 Å². The highest BCUT2D eigenvalue weighted by Crippen LogP contribution is 2.25. The highest BCUT2D eigenvalue weighted by molar-refractivity contribution is 5.39. The Morgan fingerprint density at radius 2 is 1.50 bits per heavy atom. The molecule has 0 saturated carbocycles. The molecule has 0 unspecified atom stereocenters. The third-order valence-electron chi connectivity index (χ3n) is 3.39. The minimum Gasteiger partial charge on any atom is -0.493 e. The van der Waals surface area contributed by atoms with Gasteiger partial charge in [0.15, 0.2) is 11.5 Å². The summed E-state index contributed by atoms with van der Waals surface area (Å²) in [4.78, 5) is 2.50. The number of unbranched alkanes of at least 4 members (excludes halogenated alkanes) is 2. The van der Waals surface area contributed by atoms with Gasteiger partial charge in [-0.1, -0.05) is 38.8 Å². The van der Waals surface area contributed by atoms with E-state index in [0.29, 0.717) is 6.61 Å². The normalized spacial score (nSPS) is 10.8. The number of methoxy groups -OCH3 is 1. The molecule has 0 heterocycles. The Balaban J connectivity index is 2.38. The molecule has 0 N–H and O–H groups in total. The summed E-state index contributed by atoms with van der Waals surface area (Å²) < 4.78 is 11.1. The summed E-state index contributed by atoms with van der Waals surface area (Å²) in [6, 6.07) is 7.83. The molecule has 0 fully saturated rings. The Labute approximate surface area is 123 Å². The van der Waals surface area contributed by atoms with Gasteiger partial charge in [-0.15, -0.1) is 0 Å². The molecular weight excluding hydrogens is 250 g/mol. The molecule has 20 heavy (non-hydrogen) atoms. The number of benzene rings is 1. The van der Waals surface area contributed by atoms with Crippen LogP contribution in [0.15, 0.2) is 24.3 Å². The molecule has 0 spiro atoms. The highest BCUT2D eigenvalue weighted by Gasteiger charge is 2.06. The van der Waals surface area contributed by atoms with E-state index in [-0.39, 0.29) is 0 Å². The topological polar surface area (TPSA) is 21.7 Å². The molecule has 0 saturated heterocycles. The Morgan fingerprint density at radius 1 is 0.900 bits per heavy atom. The van der Waals surface area contributed by atoms with Crippen molar-refractivity contribution in [3.8, 4) is 11.5 Å². The Morgan fingerprint density at radius 3 is 2.05 bits per heavy atom. The fourth-order valence-corrected chi connectivity index (χ4v) is 2.12. The number of ether oxygens (including phenoxy) is 2. The summed E-state index contributed by atoms with van der Waals surface area (Å²) in [6.07, 6.45) is 5.02. The van der Waals surface area contributed by atoms with Gasteiger partial charge in [0.05, 0.1) is 7.11 Å². The average Bonchev–Trinajstić information content (AvgIpc) is 2.49. The first kappa shape index (κ1) is 16.8. The fraction of sp³-hybridized carbons (Fsp3) is 0.647. The smallest absolute Gasteiger partial charge is 0.161 e. The van der Waals surface area contributed by atoms with Crippen LogP contribution in [0.4, 0.5) is 0 Å². The molecule has 0 radical (unpaired) electrons. The fourth-order valence-electron chi connectivity index (χ4n) is 2.12. The first-order valence-electron chi connectivity index (χ1n) is 7.80. The molecule has 0 amide bonds. The molecule has 0 aliphatic carbocycles. The predicted octanol–water partition coefficient (Wildman–Crippen LogP) is 3.98. The second-order valence-electron chi connectivity index (χ2n) is 5.05. The van der Waals surface area contributed by atoms with Crippen LogP contribution in [-0.4, -0.2) is 38.3 Å². The second-order valence-corrected chi connectivity index (χ2v) is 5.05. The molecule has 1 rings (SSSR count). The van der Waals surface area contributed by atoms with Crippen molar-refractivity contribution in [2.24, 2.45) is 0 Å². The summed E-state index contributed by atoms with van der Waals surface area (Å²) in [5.74, 6) is 1.64. The molecule has 1 aromatic rings. The zero-order chi connectivity index (χ0) is 14.6. The summed E-state index contributed by atoms with van der Waals surface area (Å²) in [5, 5.41) is 0. The summed E-state index contributed by atoms with van der Waals surface area (Å²) >= 11 is 0. The van der Waals surface area contributed by atoms with E-state index in [1.54, 1.807) is 7.11 Å². The molecule has 0 aromatic heterocycles. The minimum atomic E-state index is 0.716. The molecular formula is C17H29NO2. The van der Waals surface area contributed by atoms with Gasteiger partial charge in [0, 0.05) is 6.54 Å². The number of para-hydroxylation sites is 2. The lowest BCUT2D eigenvalue weighted by atomic mass is 10.2. The standard InChI is InChI=1S/C17H29NO2/c1-4-6-12-18(13-7-5-2)14-15-20-17-11-9-8-10-16(17)19-3/h8-11H,4-7,12-15H2,1-3H3. The van der Waals surface area contributed by atoms with E-state index >= 15 is 0 Å². The van der Waals surface area contributed by atoms with Crippen molar-refractivity contribution in [1.82, 2.24) is 4.90 Å². The van der Waals surface area contributed by atoms with Gasteiger partial charge in [0.2, 0.25) is 0 Å². The van der Waals surface area contributed by atoms with Crippen LogP contribution in [0.3, 0.4) is 0 Å². The number of rotatable bonds is 11. The quantitative estimate of drug-likeness (QED) is 0.611. The monoisotopic (exact) mass is 279 g/mol. The van der Waals surface area contributed by atoms with Crippen molar-refractivity contribution in [1.29, 1.82) is 0 Å². The summed E-state index contributed by atoms with van der Waals surface area (Å²) in [7, 11) is 1.68. The van der Waals surface area contributed by atoms with Gasteiger partial charge < -0.3 is 9.47 Å². The molecule has 3 heteroatoms. The van der Waals surface area contributed by atoms with E-state index < -0.39 is 0 Å². The van der Waals surface area contributed by atoms with Gasteiger partial charge in [-0.25, -0.2) is 0 Å². The maximum atomic E-state index is 5.85. The molecule has 0 atom stereocenters. The van der Waals surface area contributed by atoms with E-state index in [1.807, 2.05) is 24.3 Å². The lowest BCUT2D eigenvalue weighted by Crippen LogP contribution is -2.30. The predicted molar refractivity (Wildman–Crippen MR) is 84.7 cm³/mol. The van der Waals surface area contributed by atoms with Crippen LogP contribution < -0.4 is 9.47 Å². The van der Waals surface area contributed by atoms with Crippen LogP contribution in [0.5, 0.6) is 11.5 Å². The maximum Gasteiger partial charge on any atom is 0.161 e. The van der Waals surface area contributed by atoms with Crippen molar-refractivity contribution in [3.05, 3.63) is 24.3 Å². The van der Waals surface area contributed by atoms with Gasteiger partial charge in [-0.3, -0.25) is 4.90 Å². The highest BCUT2D eigenvalue weighted by atomic mass is 16.5. The Hall–Kier alpha value is -1.22. The minimum absolute atomic E-state index is 0.716. The van der Waals surface area contributed by atoms with Crippen molar-refractivity contribution in [3.63, 3.8) is 0 Å². The van der Waals surface area contributed by atoms with Gasteiger partial charge in [-0.2, -0.15) is 0 Å². The van der Waals surface area contributed by atoms with Crippen LogP contribution in [0.1, 0.15) is 39.5 Å². The molecule has 0 bridgehead atoms. The third-order valence-corrected chi connectivity index (χ3v) is 3.39. The molecule has 1 aromatic carbocycles. The second kappa shape index (κ2) is 10.6. The molecule has 0 aliphatic heterocycles. The van der Waals surface area contributed by atoms with Crippen LogP contribution in [0, 0.1) is 0 Å². The maximum absolute atomic E-state index is 5.85. The zero-order valence-corrected chi connectivity index (χ0v) is 13.2. The third kappa shape index (κ3) is 6.29. The van der Waals surface area contributed by atoms with Gasteiger partial charge in [0.25, 0.3) is 0 Å². The van der Waals surface area contributed by atoms with E-state index in [0.717, 1.165) is 18.0 Å². The summed E-state index contributed by atoms with van der Waals surface area (Å²) in [5.41, 5.74) is 0. The number of hydrogen-bond acceptors (Lipinski definition) is 3. The first-order chi connectivity index (χ1) is 9.81. The molecule has 3 nitrogen and oxygen atoms in total.